The third kappa shape index (κ3) is 7.95. The first-order valence-corrected chi connectivity index (χ1v) is 6.68. The number of rotatable bonds is 3. The molecule has 0 heterocycles. The number of guanidine groups is 1. The highest BCUT2D eigenvalue weighted by atomic mass is 127. The lowest BCUT2D eigenvalue weighted by Crippen LogP contribution is -2.47. The SMILES string of the molecule is CN=C(NCCC1=CCCCC1)NC(C)(C)C.I. The second kappa shape index (κ2) is 8.77. The van der Waals surface area contributed by atoms with Crippen LogP contribution in [0.2, 0.25) is 0 Å². The van der Waals surface area contributed by atoms with Gasteiger partial charge in [-0.05, 0) is 52.9 Å². The van der Waals surface area contributed by atoms with Crippen molar-refractivity contribution < 1.29 is 0 Å². The van der Waals surface area contributed by atoms with E-state index in [1.807, 2.05) is 7.05 Å². The van der Waals surface area contributed by atoms with Crippen LogP contribution in [-0.4, -0.2) is 25.1 Å². The van der Waals surface area contributed by atoms with Crippen LogP contribution in [0.5, 0.6) is 0 Å². The van der Waals surface area contributed by atoms with E-state index in [0.29, 0.717) is 0 Å². The highest BCUT2D eigenvalue weighted by molar-refractivity contribution is 14.0. The molecule has 4 heteroatoms. The lowest BCUT2D eigenvalue weighted by molar-refractivity contribution is 0.501. The third-order valence-electron chi connectivity index (χ3n) is 2.84. The molecule has 0 aromatic carbocycles. The topological polar surface area (TPSA) is 36.4 Å². The Morgan fingerprint density at radius 2 is 2.06 bits per heavy atom. The van der Waals surface area contributed by atoms with Gasteiger partial charge in [0.2, 0.25) is 0 Å². The summed E-state index contributed by atoms with van der Waals surface area (Å²) in [4.78, 5) is 4.23. The fourth-order valence-electron chi connectivity index (χ4n) is 2.01. The van der Waals surface area contributed by atoms with Crippen LogP contribution in [0.4, 0.5) is 0 Å². The molecule has 0 radical (unpaired) electrons. The Hall–Kier alpha value is -0.260. The van der Waals surface area contributed by atoms with Crippen LogP contribution in [-0.2, 0) is 0 Å². The van der Waals surface area contributed by atoms with Gasteiger partial charge >= 0.3 is 0 Å². The van der Waals surface area contributed by atoms with Crippen LogP contribution in [0.15, 0.2) is 16.6 Å². The van der Waals surface area contributed by atoms with Gasteiger partial charge in [-0.25, -0.2) is 0 Å². The molecule has 0 amide bonds. The average molecular weight is 365 g/mol. The Bertz CT molecular complexity index is 290. The predicted molar refractivity (Wildman–Crippen MR) is 90.8 cm³/mol. The van der Waals surface area contributed by atoms with Crippen molar-refractivity contribution >= 4 is 29.9 Å². The van der Waals surface area contributed by atoms with Crippen LogP contribution in [0, 0.1) is 0 Å². The Morgan fingerprint density at radius 1 is 1.33 bits per heavy atom. The van der Waals surface area contributed by atoms with E-state index in [4.69, 9.17) is 0 Å². The number of allylic oxidation sites excluding steroid dienone is 1. The van der Waals surface area contributed by atoms with Gasteiger partial charge in [-0.15, -0.1) is 24.0 Å². The highest BCUT2D eigenvalue weighted by Gasteiger charge is 2.11. The summed E-state index contributed by atoms with van der Waals surface area (Å²) in [6.07, 6.45) is 8.83. The smallest absolute Gasteiger partial charge is 0.191 e. The van der Waals surface area contributed by atoms with Crippen LogP contribution < -0.4 is 10.6 Å². The standard InChI is InChI=1S/C14H27N3.HI/c1-14(2,3)17-13(15-4)16-11-10-12-8-6-5-7-9-12;/h8H,5-7,9-11H2,1-4H3,(H2,15,16,17);1H. The normalized spacial score (nSPS) is 16.7. The summed E-state index contributed by atoms with van der Waals surface area (Å²) in [7, 11) is 1.82. The van der Waals surface area contributed by atoms with Crippen molar-refractivity contribution in [1.29, 1.82) is 0 Å². The molecule has 0 aromatic heterocycles. The monoisotopic (exact) mass is 365 g/mol. The Labute approximate surface area is 129 Å². The van der Waals surface area contributed by atoms with Crippen LogP contribution in [0.1, 0.15) is 52.9 Å². The van der Waals surface area contributed by atoms with Crippen LogP contribution >= 0.6 is 24.0 Å². The van der Waals surface area contributed by atoms with Crippen molar-refractivity contribution in [1.82, 2.24) is 10.6 Å². The van der Waals surface area contributed by atoms with E-state index in [9.17, 15) is 0 Å². The summed E-state index contributed by atoms with van der Waals surface area (Å²) in [5, 5.41) is 6.73. The first kappa shape index (κ1) is 17.7. The van der Waals surface area contributed by atoms with Gasteiger partial charge in [0.25, 0.3) is 0 Å². The number of halogens is 1. The molecule has 1 aliphatic carbocycles. The van der Waals surface area contributed by atoms with Crippen LogP contribution in [0.25, 0.3) is 0 Å². The van der Waals surface area contributed by atoms with Crippen LogP contribution in [0.3, 0.4) is 0 Å². The van der Waals surface area contributed by atoms with Gasteiger partial charge in [0, 0.05) is 19.1 Å². The molecule has 0 unspecified atom stereocenters. The minimum atomic E-state index is 0. The van der Waals surface area contributed by atoms with Crippen molar-refractivity contribution in [3.05, 3.63) is 11.6 Å². The van der Waals surface area contributed by atoms with E-state index in [1.165, 1.54) is 25.7 Å². The molecule has 1 rings (SSSR count). The number of nitrogens with one attached hydrogen (secondary N) is 2. The summed E-state index contributed by atoms with van der Waals surface area (Å²) < 4.78 is 0. The quantitative estimate of drug-likeness (QED) is 0.348. The molecule has 0 saturated carbocycles. The van der Waals surface area contributed by atoms with E-state index in [-0.39, 0.29) is 29.5 Å². The molecule has 18 heavy (non-hydrogen) atoms. The zero-order chi connectivity index (χ0) is 12.7. The lowest BCUT2D eigenvalue weighted by atomic mass is 9.97. The van der Waals surface area contributed by atoms with E-state index in [2.05, 4.69) is 42.5 Å². The summed E-state index contributed by atoms with van der Waals surface area (Å²) in [5.41, 5.74) is 1.67. The fraction of sp³-hybridized carbons (Fsp3) is 0.786. The maximum absolute atomic E-state index is 4.23. The van der Waals surface area contributed by atoms with Gasteiger partial charge < -0.3 is 10.6 Å². The zero-order valence-corrected chi connectivity index (χ0v) is 14.5. The minimum Gasteiger partial charge on any atom is -0.356 e. The molecule has 2 N–H and O–H groups in total. The van der Waals surface area contributed by atoms with Crippen molar-refractivity contribution in [3.63, 3.8) is 0 Å². The Balaban J connectivity index is 0.00000289. The minimum absolute atomic E-state index is 0. The van der Waals surface area contributed by atoms with Gasteiger partial charge in [-0.3, -0.25) is 4.99 Å². The number of nitrogens with zero attached hydrogens (tertiary/aromatic N) is 1. The highest BCUT2D eigenvalue weighted by Crippen LogP contribution is 2.19. The van der Waals surface area contributed by atoms with E-state index < -0.39 is 0 Å². The maximum Gasteiger partial charge on any atom is 0.191 e. The first-order valence-electron chi connectivity index (χ1n) is 6.68. The van der Waals surface area contributed by atoms with Crippen molar-refractivity contribution in [2.24, 2.45) is 4.99 Å². The van der Waals surface area contributed by atoms with Gasteiger partial charge in [0.1, 0.15) is 0 Å². The molecule has 0 atom stereocenters. The molecule has 0 aromatic rings. The summed E-state index contributed by atoms with van der Waals surface area (Å²) in [6, 6.07) is 0. The van der Waals surface area contributed by atoms with Gasteiger partial charge in [-0.2, -0.15) is 0 Å². The van der Waals surface area contributed by atoms with Crippen molar-refractivity contribution in [2.45, 2.75) is 58.4 Å². The number of hydrogen-bond donors (Lipinski definition) is 2. The summed E-state index contributed by atoms with van der Waals surface area (Å²) >= 11 is 0. The maximum atomic E-state index is 4.23. The molecule has 0 spiro atoms. The van der Waals surface area contributed by atoms with Crippen molar-refractivity contribution in [2.75, 3.05) is 13.6 Å². The summed E-state index contributed by atoms with van der Waals surface area (Å²) in [6.45, 7) is 7.40. The molecule has 0 saturated heterocycles. The Kier molecular flexibility index (Phi) is 8.65. The second-order valence-electron chi connectivity index (χ2n) is 5.73. The zero-order valence-electron chi connectivity index (χ0n) is 12.2. The molecule has 1 aliphatic rings. The van der Waals surface area contributed by atoms with E-state index in [1.54, 1.807) is 5.57 Å². The average Bonchev–Trinajstić information content (AvgIpc) is 2.27. The number of aliphatic imine (C=N–C) groups is 1. The summed E-state index contributed by atoms with van der Waals surface area (Å²) in [5.74, 6) is 0.897. The molecule has 0 aliphatic heterocycles. The third-order valence-corrected chi connectivity index (χ3v) is 2.84. The molecular formula is C14H28IN3. The molecular weight excluding hydrogens is 337 g/mol. The van der Waals surface area contributed by atoms with Gasteiger partial charge in [0.05, 0.1) is 0 Å². The fourth-order valence-corrected chi connectivity index (χ4v) is 2.01. The lowest BCUT2D eigenvalue weighted by Gasteiger charge is -2.24. The van der Waals surface area contributed by atoms with E-state index >= 15 is 0 Å². The van der Waals surface area contributed by atoms with Gasteiger partial charge in [0.15, 0.2) is 5.96 Å². The second-order valence-corrected chi connectivity index (χ2v) is 5.73. The largest absolute Gasteiger partial charge is 0.356 e. The Morgan fingerprint density at radius 3 is 2.56 bits per heavy atom. The molecule has 3 nitrogen and oxygen atoms in total. The molecule has 106 valence electrons. The molecule has 0 fully saturated rings. The van der Waals surface area contributed by atoms with E-state index in [0.717, 1.165) is 18.9 Å². The molecule has 0 bridgehead atoms. The number of hydrogen-bond acceptors (Lipinski definition) is 1. The predicted octanol–water partition coefficient (Wildman–Crippen LogP) is 3.46. The van der Waals surface area contributed by atoms with Crippen molar-refractivity contribution in [3.8, 4) is 0 Å². The van der Waals surface area contributed by atoms with Gasteiger partial charge in [-0.1, -0.05) is 11.6 Å². The first-order chi connectivity index (χ1) is 8.01.